The van der Waals surface area contributed by atoms with Crippen molar-refractivity contribution >= 4 is 5.91 Å². The van der Waals surface area contributed by atoms with Gasteiger partial charge in [-0.3, -0.25) is 4.79 Å². The van der Waals surface area contributed by atoms with E-state index >= 15 is 0 Å². The highest BCUT2D eigenvalue weighted by Crippen LogP contribution is 2.06. The largest absolute Gasteiger partial charge is 0.343 e. The zero-order valence-corrected chi connectivity index (χ0v) is 12.1. The second kappa shape index (κ2) is 11.9. The average Bonchev–Trinajstić information content (AvgIpc) is 2.32. The van der Waals surface area contributed by atoms with E-state index in [1.54, 1.807) is 0 Å². The third kappa shape index (κ3) is 9.20. The fourth-order valence-electron chi connectivity index (χ4n) is 2.02. The molecule has 17 heavy (non-hydrogen) atoms. The summed E-state index contributed by atoms with van der Waals surface area (Å²) in [6.45, 7) is 8.46. The summed E-state index contributed by atoms with van der Waals surface area (Å²) in [5.41, 5.74) is 0. The van der Waals surface area contributed by atoms with Crippen molar-refractivity contribution in [3.63, 3.8) is 0 Å². The second-order valence-electron chi connectivity index (χ2n) is 4.90. The average molecular weight is 241 g/mol. The van der Waals surface area contributed by atoms with Crippen molar-refractivity contribution in [1.82, 2.24) is 4.90 Å². The Kier molecular flexibility index (Phi) is 11.6. The van der Waals surface area contributed by atoms with Gasteiger partial charge in [0.2, 0.25) is 5.91 Å². The molecule has 0 N–H and O–H groups in total. The van der Waals surface area contributed by atoms with Crippen LogP contribution in [-0.4, -0.2) is 23.9 Å². The molecule has 0 fully saturated rings. The molecule has 1 amide bonds. The normalized spacial score (nSPS) is 10.5. The Bertz CT molecular complexity index is 180. The zero-order chi connectivity index (χ0) is 12.9. The lowest BCUT2D eigenvalue weighted by molar-refractivity contribution is -0.131. The first-order chi connectivity index (χ1) is 8.26. The molecule has 0 aromatic rings. The summed E-state index contributed by atoms with van der Waals surface area (Å²) < 4.78 is 0. The lowest BCUT2D eigenvalue weighted by atomic mass is 10.1. The molecule has 0 unspecified atom stereocenters. The van der Waals surface area contributed by atoms with Gasteiger partial charge in [-0.25, -0.2) is 0 Å². The molecule has 0 saturated carbocycles. The molecular formula is C15H31NO. The maximum Gasteiger partial charge on any atom is 0.222 e. The first-order valence-corrected chi connectivity index (χ1v) is 7.54. The summed E-state index contributed by atoms with van der Waals surface area (Å²) in [7, 11) is 0. The summed E-state index contributed by atoms with van der Waals surface area (Å²) in [5, 5.41) is 0. The Morgan fingerprint density at radius 2 is 1.29 bits per heavy atom. The standard InChI is InChI=1S/C15H31NO/c1-4-7-9-11-14-16(13-10-8-5-2)15(17)12-6-3/h4-14H2,1-3H3. The van der Waals surface area contributed by atoms with Gasteiger partial charge in [-0.15, -0.1) is 0 Å². The number of rotatable bonds is 11. The lowest BCUT2D eigenvalue weighted by Crippen LogP contribution is -2.32. The lowest BCUT2D eigenvalue weighted by Gasteiger charge is -2.22. The maximum atomic E-state index is 11.9. The van der Waals surface area contributed by atoms with E-state index in [2.05, 4.69) is 25.7 Å². The van der Waals surface area contributed by atoms with E-state index in [-0.39, 0.29) is 0 Å². The van der Waals surface area contributed by atoms with E-state index in [9.17, 15) is 4.79 Å². The Morgan fingerprint density at radius 3 is 1.82 bits per heavy atom. The van der Waals surface area contributed by atoms with Gasteiger partial charge in [0.25, 0.3) is 0 Å². The van der Waals surface area contributed by atoms with E-state index in [4.69, 9.17) is 0 Å². The van der Waals surface area contributed by atoms with Gasteiger partial charge in [-0.05, 0) is 19.3 Å². The van der Waals surface area contributed by atoms with E-state index in [0.29, 0.717) is 5.91 Å². The Balaban J connectivity index is 3.87. The molecule has 0 saturated heterocycles. The molecule has 0 aliphatic heterocycles. The van der Waals surface area contributed by atoms with Crippen molar-refractivity contribution in [2.24, 2.45) is 0 Å². The molecule has 0 heterocycles. The number of amides is 1. The highest BCUT2D eigenvalue weighted by Gasteiger charge is 2.11. The van der Waals surface area contributed by atoms with Crippen LogP contribution in [0.15, 0.2) is 0 Å². The molecule has 2 nitrogen and oxygen atoms in total. The highest BCUT2D eigenvalue weighted by atomic mass is 16.2. The van der Waals surface area contributed by atoms with Gasteiger partial charge in [0.1, 0.15) is 0 Å². The zero-order valence-electron chi connectivity index (χ0n) is 12.1. The summed E-state index contributed by atoms with van der Waals surface area (Å²) in [6, 6.07) is 0. The first-order valence-electron chi connectivity index (χ1n) is 7.54. The number of hydrogen-bond donors (Lipinski definition) is 0. The van der Waals surface area contributed by atoms with Crippen LogP contribution in [0.5, 0.6) is 0 Å². The van der Waals surface area contributed by atoms with Crippen molar-refractivity contribution in [2.45, 2.75) is 78.6 Å². The molecular weight excluding hydrogens is 210 g/mol. The quantitative estimate of drug-likeness (QED) is 0.491. The van der Waals surface area contributed by atoms with Crippen LogP contribution in [0.3, 0.4) is 0 Å². The maximum absolute atomic E-state index is 11.9. The molecule has 0 bridgehead atoms. The summed E-state index contributed by atoms with van der Waals surface area (Å²) in [6.07, 6.45) is 10.3. The van der Waals surface area contributed by atoms with Crippen LogP contribution in [0.1, 0.15) is 78.6 Å². The minimum atomic E-state index is 0.361. The van der Waals surface area contributed by atoms with Gasteiger partial charge in [0, 0.05) is 19.5 Å². The second-order valence-corrected chi connectivity index (χ2v) is 4.90. The topological polar surface area (TPSA) is 20.3 Å². The van der Waals surface area contributed by atoms with E-state index in [0.717, 1.165) is 25.9 Å². The Labute approximate surface area is 108 Å². The third-order valence-electron chi connectivity index (χ3n) is 3.13. The molecule has 0 rings (SSSR count). The van der Waals surface area contributed by atoms with E-state index in [1.165, 1.54) is 44.9 Å². The first kappa shape index (κ1) is 16.5. The fourth-order valence-corrected chi connectivity index (χ4v) is 2.02. The molecule has 0 aliphatic rings. The minimum absolute atomic E-state index is 0.361. The van der Waals surface area contributed by atoms with Gasteiger partial charge < -0.3 is 4.90 Å². The number of carbonyl (C=O) groups is 1. The summed E-state index contributed by atoms with van der Waals surface area (Å²) in [4.78, 5) is 14.0. The molecule has 102 valence electrons. The van der Waals surface area contributed by atoms with Crippen molar-refractivity contribution in [3.05, 3.63) is 0 Å². The molecule has 0 spiro atoms. The fraction of sp³-hybridized carbons (Fsp3) is 0.933. The smallest absolute Gasteiger partial charge is 0.222 e. The van der Waals surface area contributed by atoms with Crippen LogP contribution in [0.4, 0.5) is 0 Å². The van der Waals surface area contributed by atoms with Crippen LogP contribution < -0.4 is 0 Å². The molecule has 0 aliphatic carbocycles. The summed E-state index contributed by atoms with van der Waals surface area (Å²) in [5.74, 6) is 0.361. The van der Waals surface area contributed by atoms with E-state index < -0.39 is 0 Å². The predicted octanol–water partition coefficient (Wildman–Crippen LogP) is 4.39. The van der Waals surface area contributed by atoms with Crippen LogP contribution >= 0.6 is 0 Å². The SMILES string of the molecule is CCCCCCN(CCCCC)C(=O)CCC. The monoisotopic (exact) mass is 241 g/mol. The minimum Gasteiger partial charge on any atom is -0.343 e. The molecule has 0 aromatic heterocycles. The molecule has 0 radical (unpaired) electrons. The van der Waals surface area contributed by atoms with E-state index in [1.807, 2.05) is 0 Å². The van der Waals surface area contributed by atoms with Crippen molar-refractivity contribution in [3.8, 4) is 0 Å². The van der Waals surface area contributed by atoms with Gasteiger partial charge in [0.05, 0.1) is 0 Å². The third-order valence-corrected chi connectivity index (χ3v) is 3.13. The van der Waals surface area contributed by atoms with Crippen LogP contribution in [0.25, 0.3) is 0 Å². The number of nitrogens with zero attached hydrogens (tertiary/aromatic N) is 1. The molecule has 0 aromatic carbocycles. The van der Waals surface area contributed by atoms with Crippen molar-refractivity contribution < 1.29 is 4.79 Å². The van der Waals surface area contributed by atoms with Crippen LogP contribution in [0, 0.1) is 0 Å². The Morgan fingerprint density at radius 1 is 0.765 bits per heavy atom. The van der Waals surface area contributed by atoms with Crippen molar-refractivity contribution in [2.75, 3.05) is 13.1 Å². The number of carbonyl (C=O) groups excluding carboxylic acids is 1. The number of hydrogen-bond acceptors (Lipinski definition) is 1. The van der Waals surface area contributed by atoms with Gasteiger partial charge >= 0.3 is 0 Å². The van der Waals surface area contributed by atoms with Crippen LogP contribution in [0.2, 0.25) is 0 Å². The van der Waals surface area contributed by atoms with Crippen LogP contribution in [-0.2, 0) is 4.79 Å². The predicted molar refractivity (Wildman–Crippen MR) is 75.2 cm³/mol. The highest BCUT2D eigenvalue weighted by molar-refractivity contribution is 5.76. The van der Waals surface area contributed by atoms with Gasteiger partial charge in [-0.2, -0.15) is 0 Å². The number of unbranched alkanes of at least 4 members (excludes halogenated alkanes) is 5. The van der Waals surface area contributed by atoms with Crippen molar-refractivity contribution in [1.29, 1.82) is 0 Å². The summed E-state index contributed by atoms with van der Waals surface area (Å²) >= 11 is 0. The van der Waals surface area contributed by atoms with Gasteiger partial charge in [-0.1, -0.05) is 52.9 Å². The molecule has 2 heteroatoms. The molecule has 0 atom stereocenters. The Hall–Kier alpha value is -0.530. The van der Waals surface area contributed by atoms with Gasteiger partial charge in [0.15, 0.2) is 0 Å².